The van der Waals surface area contributed by atoms with Gasteiger partial charge in [-0.05, 0) is 139 Å². The smallest absolute Gasteiger partial charge is 0.410 e. The Labute approximate surface area is 619 Å². The fraction of sp³-hybridized carbons (Fsp3) is 0.459. The molecule has 6 aliphatic rings. The lowest BCUT2D eigenvalue weighted by Crippen LogP contribution is -2.50. The van der Waals surface area contributed by atoms with Crippen molar-refractivity contribution in [3.05, 3.63) is 142 Å². The van der Waals surface area contributed by atoms with Crippen molar-refractivity contribution >= 4 is 140 Å². The monoisotopic (exact) mass is 1470 g/mol. The summed E-state index contributed by atoms with van der Waals surface area (Å²) < 4.78 is 11.1. The molecule has 102 heavy (non-hydrogen) atoms. The van der Waals surface area contributed by atoms with Gasteiger partial charge in [-0.2, -0.15) is 15.0 Å². The Balaban J connectivity index is 0.000000165. The Morgan fingerprint density at radius 2 is 0.775 bits per heavy atom. The molecule has 6 saturated heterocycles. The second-order valence-electron chi connectivity index (χ2n) is 28.2. The zero-order chi connectivity index (χ0) is 69.9. The molecule has 5 aromatic carbocycles. The number of piperazine rings is 3. The minimum Gasteiger partial charge on any atom is -0.444 e. The molecule has 0 aliphatic carbocycles. The number of aromatic nitrogens is 6. The largest absolute Gasteiger partial charge is 0.444 e. The van der Waals surface area contributed by atoms with E-state index in [2.05, 4.69) is 53.4 Å². The van der Waals surface area contributed by atoms with Crippen LogP contribution in [0.3, 0.4) is 0 Å². The maximum absolute atomic E-state index is 12.9. The summed E-state index contributed by atoms with van der Waals surface area (Å²) in [5.41, 5.74) is 3.66. The first-order valence-electron chi connectivity index (χ1n) is 35.0. The van der Waals surface area contributed by atoms with Gasteiger partial charge in [0.1, 0.15) is 28.7 Å². The summed E-state index contributed by atoms with van der Waals surface area (Å²) >= 11 is 11.9. The van der Waals surface area contributed by atoms with E-state index >= 15 is 0 Å². The van der Waals surface area contributed by atoms with Crippen LogP contribution < -0.4 is 41.3 Å². The highest BCUT2D eigenvalue weighted by molar-refractivity contribution is 6.30. The number of anilines is 6. The van der Waals surface area contributed by atoms with Gasteiger partial charge < -0.3 is 70.4 Å². The molecule has 28 heteroatoms. The van der Waals surface area contributed by atoms with Crippen LogP contribution in [-0.4, -0.2) is 221 Å². The summed E-state index contributed by atoms with van der Waals surface area (Å²) in [4.78, 5) is 93.5. The zero-order valence-corrected chi connectivity index (χ0v) is 62.0. The molecule has 4 amide bonds. The summed E-state index contributed by atoms with van der Waals surface area (Å²) in [6.07, 6.45) is 2.99. The molecule has 3 atom stereocenters. The van der Waals surface area contributed by atoms with Crippen LogP contribution in [0.2, 0.25) is 10.0 Å². The van der Waals surface area contributed by atoms with Gasteiger partial charge in [0.25, 0.3) is 0 Å². The Hall–Kier alpha value is -8.52. The maximum Gasteiger partial charge on any atom is 0.410 e. The Kier molecular flexibility index (Phi) is 25.9. The topological polar surface area (TPSA) is 247 Å². The molecule has 5 N–H and O–H groups in total. The van der Waals surface area contributed by atoms with Crippen LogP contribution in [0.25, 0.3) is 32.7 Å². The van der Waals surface area contributed by atoms with Gasteiger partial charge in [0, 0.05) is 156 Å². The molecular formula is C74H94Cl4N18O6. The van der Waals surface area contributed by atoms with Crippen molar-refractivity contribution in [2.24, 2.45) is 0 Å². The van der Waals surface area contributed by atoms with E-state index in [1.54, 1.807) is 9.80 Å². The molecule has 14 rings (SSSR count). The van der Waals surface area contributed by atoms with E-state index in [9.17, 15) is 19.2 Å². The first-order chi connectivity index (χ1) is 48.2. The summed E-state index contributed by atoms with van der Waals surface area (Å²) in [7, 11) is 0. The van der Waals surface area contributed by atoms with Crippen molar-refractivity contribution in [2.45, 2.75) is 103 Å². The number of hydrogen-bond acceptors (Lipinski definition) is 20. The number of nitrogens with zero attached hydrogens (tertiary/aromatic N) is 13. The zero-order valence-electron chi connectivity index (χ0n) is 58.9. The average Bonchev–Trinajstić information content (AvgIpc) is 0.919. The van der Waals surface area contributed by atoms with Crippen LogP contribution in [0.5, 0.6) is 0 Å². The number of hydrogen-bond donors (Lipinski definition) is 5. The van der Waals surface area contributed by atoms with E-state index in [-0.39, 0.29) is 60.9 Å². The van der Waals surface area contributed by atoms with Crippen LogP contribution in [0, 0.1) is 0 Å². The third-order valence-corrected chi connectivity index (χ3v) is 18.8. The van der Waals surface area contributed by atoms with Crippen molar-refractivity contribution in [3.63, 3.8) is 0 Å². The molecule has 0 spiro atoms. The number of carbonyl (C=O) groups is 4. The highest BCUT2D eigenvalue weighted by atomic mass is 35.5. The summed E-state index contributed by atoms with van der Waals surface area (Å²) in [5.74, 6) is 4.84. The number of para-hydroxylation sites is 3. The number of amides is 4. The van der Waals surface area contributed by atoms with E-state index in [1.165, 1.54) is 0 Å². The predicted octanol–water partition coefficient (Wildman–Crippen LogP) is 10.8. The van der Waals surface area contributed by atoms with Gasteiger partial charge in [-0.1, -0.05) is 83.9 Å². The van der Waals surface area contributed by atoms with E-state index < -0.39 is 11.2 Å². The predicted molar refractivity (Wildman–Crippen MR) is 411 cm³/mol. The Bertz CT molecular complexity index is 4140. The molecule has 6 aliphatic heterocycles. The lowest BCUT2D eigenvalue weighted by molar-refractivity contribution is -0.130. The molecular weight excluding hydrogens is 1380 g/mol. The molecule has 6 fully saturated rings. The molecule has 0 saturated carbocycles. The number of nitrogens with one attached hydrogen (secondary N) is 5. The second kappa shape index (κ2) is 34.6. The van der Waals surface area contributed by atoms with Gasteiger partial charge in [0.05, 0.1) is 29.4 Å². The fourth-order valence-electron chi connectivity index (χ4n) is 13.1. The van der Waals surface area contributed by atoms with Crippen LogP contribution in [0.1, 0.15) is 71.9 Å². The normalized spacial score (nSPS) is 18.5. The average molecular weight is 1470 g/mol. The van der Waals surface area contributed by atoms with Gasteiger partial charge in [-0.25, -0.2) is 24.5 Å². The van der Waals surface area contributed by atoms with Crippen LogP contribution in [-0.2, 0) is 31.9 Å². The number of fused-ring (bicyclic) bond motifs is 3. The van der Waals surface area contributed by atoms with Crippen LogP contribution >= 0.6 is 48.0 Å². The highest BCUT2D eigenvalue weighted by Gasteiger charge is 2.33. The number of carbonyl (C=O) groups excluding carboxylic acids is 4. The lowest BCUT2D eigenvalue weighted by Gasteiger charge is -2.36. The first-order valence-corrected chi connectivity index (χ1v) is 35.7. The third kappa shape index (κ3) is 20.4. The van der Waals surface area contributed by atoms with Gasteiger partial charge in [0.2, 0.25) is 29.7 Å². The molecule has 9 heterocycles. The molecule has 544 valence electrons. The number of rotatable bonds is 13. The van der Waals surface area contributed by atoms with E-state index in [0.29, 0.717) is 119 Å². The molecule has 0 unspecified atom stereocenters. The molecule has 0 bridgehead atoms. The van der Waals surface area contributed by atoms with Gasteiger partial charge in [0.15, 0.2) is 0 Å². The summed E-state index contributed by atoms with van der Waals surface area (Å²) in [5, 5.41) is 21.6. The molecule has 3 aromatic heterocycles. The Morgan fingerprint density at radius 1 is 0.422 bits per heavy atom. The number of benzene rings is 5. The molecule has 8 aromatic rings. The third-order valence-electron chi connectivity index (χ3n) is 18.3. The van der Waals surface area contributed by atoms with Crippen molar-refractivity contribution in [2.75, 3.05) is 148 Å². The first kappa shape index (κ1) is 76.1. The van der Waals surface area contributed by atoms with Crippen molar-refractivity contribution in [1.82, 2.24) is 60.1 Å². The quantitative estimate of drug-likeness (QED) is 0.0720. The van der Waals surface area contributed by atoms with Gasteiger partial charge in [-0.15, -0.1) is 24.8 Å². The van der Waals surface area contributed by atoms with E-state index in [1.807, 2.05) is 161 Å². The van der Waals surface area contributed by atoms with E-state index in [0.717, 1.165) is 126 Å². The SMILES string of the molecule is CC(C)(C)OC(=O)N1CCN(c2nc(N[C@H]3CCN(C(=O)Cc4ccc(Cl)cc4)C3)nc3ccccc23)CC1.CC(C)(C)OC(=O)N1CCN(c2nc(N[C@H]3CCNC3)nc3ccccc23)CC1.Cl.Cl.O=C(Cc1ccc(Cl)cc1)N1CC[C@H](Nc2nc(N3CCNCC3)c3ccccc3n2)C1. The van der Waals surface area contributed by atoms with Gasteiger partial charge >= 0.3 is 12.2 Å². The minimum absolute atomic E-state index is 0. The van der Waals surface area contributed by atoms with Crippen LogP contribution in [0.4, 0.5) is 44.9 Å². The van der Waals surface area contributed by atoms with Crippen molar-refractivity contribution in [3.8, 4) is 0 Å². The standard InChI is InChI=1S/C29H35ClN6O3.C24H27ClN6O.C21H30N6O2.2ClH/c1-29(2,3)39-28(38)35-16-14-34(15-17-35)26-23-6-4-5-7-24(23)32-27(33-26)31-22-12-13-36(19-22)25(37)18-20-8-10-21(30)11-9-20;25-18-7-5-17(6-8-18)15-22(32)31-12-9-19(16-31)27-24-28-21-4-2-1-3-20(21)23(29-24)30-13-10-26-11-14-30;1-21(2,3)29-20(28)27-12-10-26(11-13-27)18-16-6-4-5-7-17(16)24-19(25-18)23-15-8-9-22-14-15;;/h4-11,22H,12-19H2,1-3H3,(H,31,32,33);1-8,19,26H,9-16H2,(H,27,28,29);4-7,15,22H,8-14H2,1-3H3,(H,23,24,25);2*1H/t22-;19-;15-;;/m000../s1. The summed E-state index contributed by atoms with van der Waals surface area (Å²) in [6, 6.07) is 39.7. The van der Waals surface area contributed by atoms with E-state index in [4.69, 9.17) is 62.6 Å². The fourth-order valence-corrected chi connectivity index (χ4v) is 13.4. The number of ether oxygens (including phenoxy) is 2. The summed E-state index contributed by atoms with van der Waals surface area (Å²) in [6.45, 7) is 24.8. The van der Waals surface area contributed by atoms with Crippen LogP contribution in [0.15, 0.2) is 121 Å². The molecule has 0 radical (unpaired) electrons. The maximum atomic E-state index is 12.9. The number of likely N-dealkylation sites (tertiary alicyclic amines) is 2. The lowest BCUT2D eigenvalue weighted by atomic mass is 10.1. The van der Waals surface area contributed by atoms with Gasteiger partial charge in [-0.3, -0.25) is 9.59 Å². The minimum atomic E-state index is -0.520. The van der Waals surface area contributed by atoms with Crippen molar-refractivity contribution < 1.29 is 28.7 Å². The second-order valence-corrected chi connectivity index (χ2v) is 29.1. The highest BCUT2D eigenvalue weighted by Crippen LogP contribution is 2.32. The van der Waals surface area contributed by atoms with Crippen molar-refractivity contribution in [1.29, 1.82) is 0 Å². The Morgan fingerprint density at radius 3 is 1.13 bits per heavy atom. The molecule has 24 nitrogen and oxygen atoms in total. The number of halogens is 4.